The third-order valence-corrected chi connectivity index (χ3v) is 1.86. The van der Waals surface area contributed by atoms with Crippen molar-refractivity contribution in [2.45, 2.75) is 0 Å². The predicted molar refractivity (Wildman–Crippen MR) is 61.2 cm³/mol. The first-order valence-electron chi connectivity index (χ1n) is 3.55. The summed E-state index contributed by atoms with van der Waals surface area (Å²) in [6.07, 6.45) is 2.17. The molecule has 4 nitrogen and oxygen atoms in total. The van der Waals surface area contributed by atoms with Crippen LogP contribution in [0.15, 0.2) is 23.3 Å². The summed E-state index contributed by atoms with van der Waals surface area (Å²) in [5, 5.41) is 10.3. The van der Waals surface area contributed by atoms with Gasteiger partial charge in [-0.3, -0.25) is 5.41 Å². The lowest BCUT2D eigenvalue weighted by molar-refractivity contribution is 1.26. The minimum Gasteiger partial charge on any atom is -0.390 e. The van der Waals surface area contributed by atoms with Crippen molar-refractivity contribution in [3.05, 3.63) is 33.8 Å². The Morgan fingerprint density at radius 3 is 2.07 bits per heavy atom. The van der Waals surface area contributed by atoms with E-state index in [2.05, 4.69) is 10.8 Å². The predicted octanol–water partition coefficient (Wildman–Crippen LogP) is 1.84. The van der Waals surface area contributed by atoms with Crippen LogP contribution in [0, 0.1) is 5.41 Å². The molecule has 0 saturated carbocycles. The van der Waals surface area contributed by atoms with Crippen LogP contribution in [-0.2, 0) is 0 Å². The van der Waals surface area contributed by atoms with E-state index in [1.165, 1.54) is 6.21 Å². The summed E-state index contributed by atoms with van der Waals surface area (Å²) in [5.74, 6) is 4.95. The second kappa shape index (κ2) is 7.17. The molecule has 0 heterocycles. The highest BCUT2D eigenvalue weighted by Gasteiger charge is 2.00. The number of nitrogens with two attached hydrogens (primary N) is 2. The van der Waals surface area contributed by atoms with Gasteiger partial charge in [0.25, 0.3) is 0 Å². The van der Waals surface area contributed by atoms with Crippen molar-refractivity contribution in [3.8, 4) is 0 Å². The summed E-state index contributed by atoms with van der Waals surface area (Å²) in [7, 11) is 0. The van der Waals surface area contributed by atoms with Gasteiger partial charge in [-0.2, -0.15) is 5.10 Å². The van der Waals surface area contributed by atoms with Gasteiger partial charge in [-0.05, 0) is 12.1 Å². The van der Waals surface area contributed by atoms with Gasteiger partial charge in [-0.15, -0.1) is 0 Å². The van der Waals surface area contributed by atoms with Gasteiger partial charge in [0, 0.05) is 5.56 Å². The van der Waals surface area contributed by atoms with E-state index >= 15 is 0 Å². The summed E-state index contributed by atoms with van der Waals surface area (Å²) in [6.45, 7) is 0. The second-order valence-corrected chi connectivity index (χ2v) is 2.89. The van der Waals surface area contributed by atoms with E-state index in [-0.39, 0.29) is 0 Å². The average molecular weight is 233 g/mol. The van der Waals surface area contributed by atoms with Crippen LogP contribution in [0.3, 0.4) is 0 Å². The molecule has 1 rings (SSSR count). The van der Waals surface area contributed by atoms with E-state index in [4.69, 9.17) is 34.5 Å². The van der Waals surface area contributed by atoms with E-state index in [1.54, 1.807) is 18.2 Å². The summed E-state index contributed by atoms with van der Waals surface area (Å²) >= 11 is 11.6. The molecule has 0 aromatic heterocycles. The van der Waals surface area contributed by atoms with Crippen molar-refractivity contribution < 1.29 is 0 Å². The molecule has 0 aliphatic carbocycles. The molecule has 0 saturated heterocycles. The Hall–Kier alpha value is -1.26. The van der Waals surface area contributed by atoms with Crippen molar-refractivity contribution in [3.63, 3.8) is 0 Å². The lowest BCUT2D eigenvalue weighted by Crippen LogP contribution is -1.88. The van der Waals surface area contributed by atoms with Crippen molar-refractivity contribution in [1.82, 2.24) is 0 Å². The van der Waals surface area contributed by atoms with Crippen LogP contribution in [0.5, 0.6) is 0 Å². The summed E-state index contributed by atoms with van der Waals surface area (Å²) in [4.78, 5) is 0. The van der Waals surface area contributed by atoms with Crippen molar-refractivity contribution in [1.29, 1.82) is 5.41 Å². The van der Waals surface area contributed by atoms with Crippen molar-refractivity contribution in [2.75, 3.05) is 0 Å². The molecular formula is C8H10Cl2N4. The lowest BCUT2D eigenvalue weighted by atomic mass is 10.2. The Morgan fingerprint density at radius 1 is 1.29 bits per heavy atom. The zero-order valence-corrected chi connectivity index (χ0v) is 8.76. The molecule has 0 aliphatic rings. The molecule has 1 aromatic rings. The van der Waals surface area contributed by atoms with Crippen LogP contribution in [0.25, 0.3) is 0 Å². The highest BCUT2D eigenvalue weighted by Crippen LogP contribution is 2.21. The fraction of sp³-hybridized carbons (Fsp3) is 0. The van der Waals surface area contributed by atoms with Gasteiger partial charge >= 0.3 is 0 Å². The highest BCUT2D eigenvalue weighted by molar-refractivity contribution is 6.38. The number of benzene rings is 1. The molecule has 0 amide bonds. The van der Waals surface area contributed by atoms with E-state index < -0.39 is 0 Å². The lowest BCUT2D eigenvalue weighted by Gasteiger charge is -1.98. The molecule has 0 unspecified atom stereocenters. The fourth-order valence-corrected chi connectivity index (χ4v) is 1.20. The van der Waals surface area contributed by atoms with Gasteiger partial charge in [0.2, 0.25) is 0 Å². The van der Waals surface area contributed by atoms with Crippen LogP contribution in [-0.4, -0.2) is 12.6 Å². The topological polar surface area (TPSA) is 88.2 Å². The van der Waals surface area contributed by atoms with Crippen LogP contribution in [0.4, 0.5) is 0 Å². The molecule has 0 aliphatic heterocycles. The van der Waals surface area contributed by atoms with Crippen LogP contribution in [0.2, 0.25) is 10.0 Å². The Balaban J connectivity index is 0.000000500. The Labute approximate surface area is 92.0 Å². The van der Waals surface area contributed by atoms with Gasteiger partial charge in [0.15, 0.2) is 0 Å². The van der Waals surface area contributed by atoms with Gasteiger partial charge < -0.3 is 11.6 Å². The Bertz CT molecular complexity index is 305. The fourth-order valence-electron chi connectivity index (χ4n) is 0.709. The SMILES string of the molecule is N=CN.NN=Cc1c(Cl)cccc1Cl. The number of rotatable bonds is 1. The Morgan fingerprint density at radius 2 is 1.71 bits per heavy atom. The molecule has 0 radical (unpaired) electrons. The minimum absolute atomic E-state index is 0.548. The first-order chi connectivity index (χ1) is 6.67. The van der Waals surface area contributed by atoms with Crippen LogP contribution >= 0.6 is 23.2 Å². The van der Waals surface area contributed by atoms with Gasteiger partial charge in [0.05, 0.1) is 22.6 Å². The molecule has 0 bridgehead atoms. The molecule has 5 N–H and O–H groups in total. The number of halogens is 2. The van der Waals surface area contributed by atoms with Gasteiger partial charge in [-0.1, -0.05) is 29.3 Å². The number of hydrogen-bond donors (Lipinski definition) is 3. The van der Waals surface area contributed by atoms with E-state index in [0.29, 0.717) is 15.6 Å². The van der Waals surface area contributed by atoms with Crippen molar-refractivity contribution in [2.24, 2.45) is 16.7 Å². The van der Waals surface area contributed by atoms with E-state index in [1.807, 2.05) is 0 Å². The summed E-state index contributed by atoms with van der Waals surface area (Å²) < 4.78 is 0. The summed E-state index contributed by atoms with van der Waals surface area (Å²) in [6, 6.07) is 5.22. The van der Waals surface area contributed by atoms with E-state index in [0.717, 1.165) is 6.34 Å². The zero-order valence-electron chi connectivity index (χ0n) is 7.24. The maximum Gasteiger partial charge on any atom is 0.0765 e. The standard InChI is InChI=1S/C7H6Cl2N2.CH4N2/c8-6-2-1-3-7(9)5(6)4-11-10;2-1-3/h1-4H,10H2;1H,(H3,2,3). The smallest absolute Gasteiger partial charge is 0.0765 e. The maximum absolute atomic E-state index is 5.86. The first kappa shape index (κ1) is 12.7. The zero-order chi connectivity index (χ0) is 11.0. The molecule has 0 fully saturated rings. The van der Waals surface area contributed by atoms with Crippen LogP contribution < -0.4 is 11.6 Å². The number of nitrogens with one attached hydrogen (secondary N) is 1. The maximum atomic E-state index is 5.86. The number of hydrazone groups is 1. The molecule has 6 heteroatoms. The molecule has 76 valence electrons. The van der Waals surface area contributed by atoms with E-state index in [9.17, 15) is 0 Å². The van der Waals surface area contributed by atoms with Gasteiger partial charge in [-0.25, -0.2) is 0 Å². The third kappa shape index (κ3) is 4.11. The molecule has 14 heavy (non-hydrogen) atoms. The number of hydrogen-bond acceptors (Lipinski definition) is 3. The average Bonchev–Trinajstić information content (AvgIpc) is 2.13. The first-order valence-corrected chi connectivity index (χ1v) is 4.30. The monoisotopic (exact) mass is 232 g/mol. The normalized spacial score (nSPS) is 9.29. The molecule has 1 aromatic carbocycles. The molecule has 0 spiro atoms. The molecular weight excluding hydrogens is 223 g/mol. The van der Waals surface area contributed by atoms with Gasteiger partial charge in [0.1, 0.15) is 0 Å². The third-order valence-electron chi connectivity index (χ3n) is 1.20. The minimum atomic E-state index is 0.548. The highest BCUT2D eigenvalue weighted by atomic mass is 35.5. The van der Waals surface area contributed by atoms with Crippen molar-refractivity contribution >= 4 is 35.8 Å². The van der Waals surface area contributed by atoms with Crippen LogP contribution in [0.1, 0.15) is 5.56 Å². The number of nitrogens with zero attached hydrogens (tertiary/aromatic N) is 1. The quantitative estimate of drug-likeness (QED) is 0.299. The largest absolute Gasteiger partial charge is 0.390 e. The summed E-state index contributed by atoms with van der Waals surface area (Å²) in [5.41, 5.74) is 5.04. The second-order valence-electron chi connectivity index (χ2n) is 2.08. The Kier molecular flexibility index (Phi) is 6.53. The molecule has 0 atom stereocenters.